The minimum atomic E-state index is -0.904. The van der Waals surface area contributed by atoms with Crippen LogP contribution in [-0.2, 0) is 34.9 Å². The molecule has 1 amide bonds. The van der Waals surface area contributed by atoms with Crippen LogP contribution in [-0.4, -0.2) is 84.8 Å². The van der Waals surface area contributed by atoms with Gasteiger partial charge in [-0.25, -0.2) is 4.79 Å². The van der Waals surface area contributed by atoms with Gasteiger partial charge in [-0.05, 0) is 63.9 Å². The van der Waals surface area contributed by atoms with Crippen molar-refractivity contribution in [2.75, 3.05) is 31.6 Å². The van der Waals surface area contributed by atoms with Crippen LogP contribution in [0, 0.1) is 0 Å². The fraction of sp³-hybridized carbons (Fsp3) is 0.778. The van der Waals surface area contributed by atoms with Gasteiger partial charge in [0.25, 0.3) is 0 Å². The number of rotatable bonds is 19. The van der Waals surface area contributed by atoms with E-state index in [4.69, 9.17) is 28.8 Å². The van der Waals surface area contributed by atoms with E-state index in [0.717, 1.165) is 38.8 Å². The van der Waals surface area contributed by atoms with Crippen molar-refractivity contribution < 1.29 is 38.4 Å². The first-order valence-electron chi connectivity index (χ1n) is 17.9. The highest BCUT2D eigenvalue weighted by atomic mass is 16.8. The Morgan fingerprint density at radius 3 is 2.20 bits per heavy atom. The van der Waals surface area contributed by atoms with Gasteiger partial charge in [-0.3, -0.25) is 15.0 Å². The lowest BCUT2D eigenvalue weighted by atomic mass is 10.0. The van der Waals surface area contributed by atoms with Crippen LogP contribution in [0.15, 0.2) is 24.3 Å². The summed E-state index contributed by atoms with van der Waals surface area (Å²) in [5.74, 6) is -1.69. The number of anilines is 1. The van der Waals surface area contributed by atoms with Gasteiger partial charge < -0.3 is 28.8 Å². The molecule has 3 fully saturated rings. The lowest BCUT2D eigenvalue weighted by Gasteiger charge is -2.33. The molecule has 3 aliphatic heterocycles. The predicted molar refractivity (Wildman–Crippen MR) is 177 cm³/mol. The van der Waals surface area contributed by atoms with Crippen molar-refractivity contribution in [3.8, 4) is 0 Å². The Morgan fingerprint density at radius 1 is 0.935 bits per heavy atom. The smallest absolute Gasteiger partial charge is 0.412 e. The minimum absolute atomic E-state index is 0.0779. The number of unbranched alkanes of at least 4 members (excludes halogenated alkanes) is 9. The molecule has 1 aromatic carbocycles. The van der Waals surface area contributed by atoms with Gasteiger partial charge in [-0.15, -0.1) is 0 Å². The van der Waals surface area contributed by atoms with E-state index in [1.54, 1.807) is 24.3 Å². The molecule has 0 saturated carbocycles. The Bertz CT molecular complexity index is 1040. The van der Waals surface area contributed by atoms with Crippen LogP contribution in [0.4, 0.5) is 10.5 Å². The number of hydrogen-bond donors (Lipinski definition) is 2. The monoisotopic (exact) mass is 646 g/mol. The Labute approximate surface area is 275 Å². The van der Waals surface area contributed by atoms with Gasteiger partial charge in [-0.2, -0.15) is 0 Å². The molecule has 0 unspecified atom stereocenters. The number of benzene rings is 1. The van der Waals surface area contributed by atoms with E-state index >= 15 is 0 Å². The molecule has 0 bridgehead atoms. The molecule has 10 heteroatoms. The maximum atomic E-state index is 13.3. The number of carboxylic acid groups (broad SMARTS) is 1. The topological polar surface area (TPSA) is 116 Å². The highest BCUT2D eigenvalue weighted by Gasteiger charge is 2.58. The third-order valence-corrected chi connectivity index (χ3v) is 9.15. The number of likely N-dealkylation sites (tertiary alicyclic amines) is 1. The van der Waals surface area contributed by atoms with Gasteiger partial charge in [0, 0.05) is 18.8 Å². The molecule has 46 heavy (non-hydrogen) atoms. The molecule has 3 saturated heterocycles. The van der Waals surface area contributed by atoms with Gasteiger partial charge in [0.1, 0.15) is 24.4 Å². The summed E-state index contributed by atoms with van der Waals surface area (Å²) in [5, 5.41) is 11.9. The molecular formula is C36H58N2O8. The van der Waals surface area contributed by atoms with E-state index in [9.17, 15) is 9.59 Å². The summed E-state index contributed by atoms with van der Waals surface area (Å²) in [4.78, 5) is 26.7. The number of aliphatic carboxylic acids is 1. The molecule has 0 radical (unpaired) electrons. The molecule has 2 N–H and O–H groups in total. The van der Waals surface area contributed by atoms with E-state index in [1.807, 2.05) is 13.8 Å². The van der Waals surface area contributed by atoms with Gasteiger partial charge in [0.2, 0.25) is 0 Å². The zero-order valence-corrected chi connectivity index (χ0v) is 28.4. The van der Waals surface area contributed by atoms with E-state index in [0.29, 0.717) is 24.4 Å². The number of carboxylic acids is 1. The van der Waals surface area contributed by atoms with Crippen LogP contribution in [0.2, 0.25) is 0 Å². The van der Waals surface area contributed by atoms with E-state index < -0.39 is 48.6 Å². The Morgan fingerprint density at radius 2 is 1.57 bits per heavy atom. The third-order valence-electron chi connectivity index (χ3n) is 9.15. The van der Waals surface area contributed by atoms with Gasteiger partial charge in [-0.1, -0.05) is 89.7 Å². The first-order chi connectivity index (χ1) is 22.2. The molecule has 0 aromatic heterocycles. The summed E-state index contributed by atoms with van der Waals surface area (Å²) in [6, 6.07) is 6.74. The SMILES string of the molecule is CCCCCCCCCCCCO[C@@H]1[C@H]2OC(C)(C)O[C@H]2O[C@@H]1[C@@H](CN1CCCCCC1)OC(=O)Nc1ccc(CC(=O)O)cc1. The Balaban J connectivity index is 1.37. The van der Waals surface area contributed by atoms with Gasteiger partial charge >= 0.3 is 12.1 Å². The van der Waals surface area contributed by atoms with Crippen LogP contribution in [0.25, 0.3) is 0 Å². The second-order valence-corrected chi connectivity index (χ2v) is 13.6. The van der Waals surface area contributed by atoms with E-state index in [-0.39, 0.29) is 6.42 Å². The van der Waals surface area contributed by atoms with Crippen LogP contribution < -0.4 is 5.32 Å². The van der Waals surface area contributed by atoms with Crippen molar-refractivity contribution in [1.29, 1.82) is 0 Å². The number of amides is 1. The molecule has 3 heterocycles. The molecule has 3 aliphatic rings. The standard InChI is InChI=1S/C36H58N2O8/c1-4-5-6-7-8-9-10-11-14-17-24-42-32-31(44-34-33(32)45-36(2,3)46-34)29(26-38-22-15-12-13-16-23-38)43-35(41)37-28-20-18-27(19-21-28)25-30(39)40/h18-21,29,31-34H,4-17,22-26H2,1-3H3,(H,37,41)(H,39,40)/t29-,31-,32+,33-,34-/m1/s1. The van der Waals surface area contributed by atoms with E-state index in [2.05, 4.69) is 17.1 Å². The molecule has 260 valence electrons. The number of fused-ring (bicyclic) bond motifs is 1. The summed E-state index contributed by atoms with van der Waals surface area (Å²) < 4.78 is 31.5. The number of carbonyl (C=O) groups is 2. The van der Waals surface area contributed by atoms with Crippen molar-refractivity contribution in [3.05, 3.63) is 29.8 Å². The second-order valence-electron chi connectivity index (χ2n) is 13.6. The highest BCUT2D eigenvalue weighted by molar-refractivity contribution is 5.84. The maximum Gasteiger partial charge on any atom is 0.412 e. The minimum Gasteiger partial charge on any atom is -0.481 e. The first-order valence-corrected chi connectivity index (χ1v) is 17.9. The third kappa shape index (κ3) is 12.1. The fourth-order valence-electron chi connectivity index (χ4n) is 6.75. The van der Waals surface area contributed by atoms with Crippen molar-refractivity contribution >= 4 is 17.7 Å². The van der Waals surface area contributed by atoms with Gasteiger partial charge in [0.15, 0.2) is 12.1 Å². The Hall–Kier alpha value is -2.24. The lowest BCUT2D eigenvalue weighted by molar-refractivity contribution is -0.230. The quantitative estimate of drug-likeness (QED) is 0.150. The summed E-state index contributed by atoms with van der Waals surface area (Å²) in [5.41, 5.74) is 1.18. The second kappa shape index (κ2) is 18.9. The summed E-state index contributed by atoms with van der Waals surface area (Å²) in [6.07, 6.45) is 13.8. The van der Waals surface area contributed by atoms with Gasteiger partial charge in [0.05, 0.1) is 6.42 Å². The lowest BCUT2D eigenvalue weighted by Crippen LogP contribution is -2.50. The summed E-state index contributed by atoms with van der Waals surface area (Å²) in [6.45, 7) is 9.00. The number of nitrogens with zero attached hydrogens (tertiary/aromatic N) is 1. The number of nitrogens with one attached hydrogen (secondary N) is 1. The largest absolute Gasteiger partial charge is 0.481 e. The average Bonchev–Trinajstić information content (AvgIpc) is 3.34. The molecule has 1 aromatic rings. The van der Waals surface area contributed by atoms with Crippen molar-refractivity contribution in [2.24, 2.45) is 0 Å². The molecule has 0 aliphatic carbocycles. The van der Waals surface area contributed by atoms with E-state index in [1.165, 1.54) is 64.2 Å². The van der Waals surface area contributed by atoms with Crippen LogP contribution in [0.1, 0.15) is 116 Å². The number of ether oxygens (including phenoxy) is 5. The van der Waals surface area contributed by atoms with Crippen LogP contribution in [0.3, 0.4) is 0 Å². The average molecular weight is 647 g/mol. The highest BCUT2D eigenvalue weighted by Crippen LogP contribution is 2.40. The first kappa shape index (κ1) is 36.6. The Kier molecular flexibility index (Phi) is 15.1. The maximum absolute atomic E-state index is 13.3. The molecule has 4 rings (SSSR count). The van der Waals surface area contributed by atoms with Crippen LogP contribution >= 0.6 is 0 Å². The van der Waals surface area contributed by atoms with Crippen molar-refractivity contribution in [1.82, 2.24) is 4.90 Å². The molecule has 0 spiro atoms. The predicted octanol–water partition coefficient (Wildman–Crippen LogP) is 7.29. The summed E-state index contributed by atoms with van der Waals surface area (Å²) >= 11 is 0. The van der Waals surface area contributed by atoms with Crippen LogP contribution in [0.5, 0.6) is 0 Å². The summed E-state index contributed by atoms with van der Waals surface area (Å²) in [7, 11) is 0. The molecule has 10 nitrogen and oxygen atoms in total. The molecular weight excluding hydrogens is 588 g/mol. The fourth-order valence-corrected chi connectivity index (χ4v) is 6.75. The number of carbonyl (C=O) groups excluding carboxylic acids is 1. The van der Waals surface area contributed by atoms with Crippen molar-refractivity contribution in [3.63, 3.8) is 0 Å². The normalized spacial score (nSPS) is 25.1. The number of hydrogen-bond acceptors (Lipinski definition) is 8. The van der Waals surface area contributed by atoms with Crippen molar-refractivity contribution in [2.45, 2.75) is 154 Å². The zero-order valence-electron chi connectivity index (χ0n) is 28.4. The molecule has 5 atom stereocenters. The zero-order chi connectivity index (χ0) is 32.8.